The summed E-state index contributed by atoms with van der Waals surface area (Å²) in [6, 6.07) is 2.83. The molecule has 0 aliphatic rings. The number of halogens is 1. The summed E-state index contributed by atoms with van der Waals surface area (Å²) in [5.41, 5.74) is -1.12. The average molecular weight is 265 g/mol. The average Bonchev–Trinajstić information content (AvgIpc) is 2.14. The molecule has 0 spiro atoms. The van der Waals surface area contributed by atoms with Gasteiger partial charge in [0.15, 0.2) is 0 Å². The first kappa shape index (κ1) is 13.4. The SMILES string of the molecule is CC(C)(O)CNS(=O)(=O)c1cccnc1Cl. The molecule has 0 aromatic carbocycles. The summed E-state index contributed by atoms with van der Waals surface area (Å²) in [5, 5.41) is 9.33. The Kier molecular flexibility index (Phi) is 3.90. The molecule has 1 aromatic rings. The van der Waals surface area contributed by atoms with E-state index in [1.54, 1.807) is 0 Å². The third kappa shape index (κ3) is 3.71. The number of hydrogen-bond acceptors (Lipinski definition) is 4. The van der Waals surface area contributed by atoms with Gasteiger partial charge < -0.3 is 5.11 Å². The van der Waals surface area contributed by atoms with Crippen LogP contribution in [0.3, 0.4) is 0 Å². The maximum atomic E-state index is 11.8. The normalized spacial score (nSPS) is 12.8. The van der Waals surface area contributed by atoms with Crippen molar-refractivity contribution >= 4 is 21.6 Å². The van der Waals surface area contributed by atoms with E-state index in [2.05, 4.69) is 9.71 Å². The number of aliphatic hydroxyl groups is 1. The van der Waals surface area contributed by atoms with Crippen LogP contribution < -0.4 is 4.72 Å². The van der Waals surface area contributed by atoms with Gasteiger partial charge in [0.1, 0.15) is 10.0 Å². The zero-order valence-corrected chi connectivity index (χ0v) is 10.5. The molecule has 0 saturated carbocycles. The third-order valence-corrected chi connectivity index (χ3v) is 3.56. The lowest BCUT2D eigenvalue weighted by Gasteiger charge is -2.17. The molecule has 0 fully saturated rings. The number of nitrogens with one attached hydrogen (secondary N) is 1. The fraction of sp³-hybridized carbons (Fsp3) is 0.444. The molecule has 90 valence electrons. The van der Waals surface area contributed by atoms with E-state index in [4.69, 9.17) is 11.6 Å². The molecule has 16 heavy (non-hydrogen) atoms. The summed E-state index contributed by atoms with van der Waals surface area (Å²) < 4.78 is 25.8. The number of sulfonamides is 1. The van der Waals surface area contributed by atoms with Crippen molar-refractivity contribution in [2.75, 3.05) is 6.54 Å². The Balaban J connectivity index is 2.92. The van der Waals surface area contributed by atoms with Gasteiger partial charge in [-0.05, 0) is 26.0 Å². The first-order valence-electron chi connectivity index (χ1n) is 4.55. The van der Waals surface area contributed by atoms with Crippen LogP contribution >= 0.6 is 11.6 Å². The molecule has 7 heteroatoms. The van der Waals surface area contributed by atoms with E-state index in [0.717, 1.165) is 0 Å². The van der Waals surface area contributed by atoms with E-state index >= 15 is 0 Å². The first-order chi connectivity index (χ1) is 7.22. The van der Waals surface area contributed by atoms with Gasteiger partial charge in [-0.3, -0.25) is 0 Å². The summed E-state index contributed by atoms with van der Waals surface area (Å²) in [7, 11) is -3.73. The van der Waals surface area contributed by atoms with Crippen LogP contribution in [0.25, 0.3) is 0 Å². The molecule has 0 radical (unpaired) electrons. The van der Waals surface area contributed by atoms with Crippen molar-refractivity contribution in [2.24, 2.45) is 0 Å². The van der Waals surface area contributed by atoms with Crippen molar-refractivity contribution in [3.63, 3.8) is 0 Å². The van der Waals surface area contributed by atoms with E-state index in [0.29, 0.717) is 0 Å². The molecule has 0 aliphatic heterocycles. The molecular weight excluding hydrogens is 252 g/mol. The largest absolute Gasteiger partial charge is 0.389 e. The van der Waals surface area contributed by atoms with Crippen LogP contribution in [-0.2, 0) is 10.0 Å². The van der Waals surface area contributed by atoms with Crippen LogP contribution in [0.4, 0.5) is 0 Å². The summed E-state index contributed by atoms with van der Waals surface area (Å²) in [5.74, 6) is 0. The number of aromatic nitrogens is 1. The molecule has 1 aromatic heterocycles. The molecule has 0 bridgehead atoms. The molecule has 1 heterocycles. The Hall–Kier alpha value is -0.690. The molecule has 5 nitrogen and oxygen atoms in total. The Morgan fingerprint density at radius 3 is 2.69 bits per heavy atom. The lowest BCUT2D eigenvalue weighted by atomic mass is 10.1. The molecular formula is C9H13ClN2O3S. The summed E-state index contributed by atoms with van der Waals surface area (Å²) in [4.78, 5) is 3.58. The van der Waals surface area contributed by atoms with Gasteiger partial charge in [0.05, 0.1) is 5.60 Å². The van der Waals surface area contributed by atoms with Crippen LogP contribution in [0.1, 0.15) is 13.8 Å². The highest BCUT2D eigenvalue weighted by molar-refractivity contribution is 7.89. The first-order valence-corrected chi connectivity index (χ1v) is 6.41. The van der Waals surface area contributed by atoms with Gasteiger partial charge in [0, 0.05) is 12.7 Å². The summed E-state index contributed by atoms with van der Waals surface area (Å²) in [6.07, 6.45) is 1.40. The summed E-state index contributed by atoms with van der Waals surface area (Å²) >= 11 is 5.67. The smallest absolute Gasteiger partial charge is 0.243 e. The minimum Gasteiger partial charge on any atom is -0.389 e. The predicted molar refractivity (Wildman–Crippen MR) is 60.7 cm³/mol. The van der Waals surface area contributed by atoms with Crippen molar-refractivity contribution in [1.29, 1.82) is 0 Å². The highest BCUT2D eigenvalue weighted by atomic mass is 35.5. The molecule has 0 saturated heterocycles. The van der Waals surface area contributed by atoms with Gasteiger partial charge in [-0.25, -0.2) is 18.1 Å². The maximum absolute atomic E-state index is 11.8. The van der Waals surface area contributed by atoms with E-state index in [1.165, 1.54) is 32.2 Å². The Labute approximate surface area is 99.5 Å². The van der Waals surface area contributed by atoms with E-state index in [9.17, 15) is 13.5 Å². The Morgan fingerprint density at radius 1 is 1.56 bits per heavy atom. The second-order valence-electron chi connectivity index (χ2n) is 3.93. The Bertz CT molecular complexity index is 468. The van der Waals surface area contributed by atoms with Crippen molar-refractivity contribution < 1.29 is 13.5 Å². The van der Waals surface area contributed by atoms with Gasteiger partial charge in [-0.15, -0.1) is 0 Å². The zero-order chi connectivity index (χ0) is 12.4. The number of hydrogen-bond donors (Lipinski definition) is 2. The second-order valence-corrected chi connectivity index (χ2v) is 6.02. The highest BCUT2D eigenvalue weighted by Crippen LogP contribution is 2.17. The molecule has 0 atom stereocenters. The Morgan fingerprint density at radius 2 is 2.19 bits per heavy atom. The number of pyridine rings is 1. The van der Waals surface area contributed by atoms with Gasteiger partial charge in [0.25, 0.3) is 0 Å². The standard InChI is InChI=1S/C9H13ClN2O3S/c1-9(2,13)6-12-16(14,15)7-4-3-5-11-8(7)10/h3-5,12-13H,6H2,1-2H3. The molecule has 0 aliphatic carbocycles. The van der Waals surface area contributed by atoms with Crippen molar-refractivity contribution in [1.82, 2.24) is 9.71 Å². The van der Waals surface area contributed by atoms with Gasteiger partial charge in [-0.2, -0.15) is 0 Å². The van der Waals surface area contributed by atoms with Crippen molar-refractivity contribution in [3.8, 4) is 0 Å². The quantitative estimate of drug-likeness (QED) is 0.788. The molecule has 2 N–H and O–H groups in total. The zero-order valence-electron chi connectivity index (χ0n) is 8.94. The monoisotopic (exact) mass is 264 g/mol. The molecule has 0 amide bonds. The lowest BCUT2D eigenvalue weighted by molar-refractivity contribution is 0.0857. The molecule has 1 rings (SSSR count). The fourth-order valence-corrected chi connectivity index (χ4v) is 2.58. The minimum atomic E-state index is -3.73. The van der Waals surface area contributed by atoms with E-state index in [1.807, 2.05) is 0 Å². The van der Waals surface area contributed by atoms with Crippen molar-refractivity contribution in [3.05, 3.63) is 23.5 Å². The minimum absolute atomic E-state index is 0.0919. The predicted octanol–water partition coefficient (Wildman–Crippen LogP) is 0.784. The molecule has 0 unspecified atom stereocenters. The van der Waals surface area contributed by atoms with E-state index in [-0.39, 0.29) is 16.6 Å². The van der Waals surface area contributed by atoms with Gasteiger partial charge in [0.2, 0.25) is 10.0 Å². The third-order valence-electron chi connectivity index (χ3n) is 1.71. The number of rotatable bonds is 4. The highest BCUT2D eigenvalue weighted by Gasteiger charge is 2.21. The fourth-order valence-electron chi connectivity index (χ4n) is 0.921. The van der Waals surface area contributed by atoms with E-state index < -0.39 is 15.6 Å². The number of nitrogens with zero attached hydrogens (tertiary/aromatic N) is 1. The van der Waals surface area contributed by atoms with Crippen LogP contribution in [0.2, 0.25) is 5.15 Å². The maximum Gasteiger partial charge on any atom is 0.243 e. The van der Waals surface area contributed by atoms with Crippen LogP contribution in [-0.4, -0.2) is 30.7 Å². The van der Waals surface area contributed by atoms with Crippen LogP contribution in [0, 0.1) is 0 Å². The lowest BCUT2D eigenvalue weighted by Crippen LogP contribution is -2.38. The topological polar surface area (TPSA) is 79.3 Å². The van der Waals surface area contributed by atoms with Crippen molar-refractivity contribution in [2.45, 2.75) is 24.3 Å². The summed E-state index contributed by atoms with van der Waals surface area (Å²) in [6.45, 7) is 2.90. The van der Waals surface area contributed by atoms with Gasteiger partial charge in [-0.1, -0.05) is 11.6 Å². The second kappa shape index (κ2) is 4.67. The van der Waals surface area contributed by atoms with Crippen LogP contribution in [0.15, 0.2) is 23.2 Å². The van der Waals surface area contributed by atoms with Crippen LogP contribution in [0.5, 0.6) is 0 Å². The van der Waals surface area contributed by atoms with Gasteiger partial charge >= 0.3 is 0 Å².